The molecule has 0 spiro atoms. The second-order valence-electron chi connectivity index (χ2n) is 6.74. The molecule has 1 fully saturated rings. The van der Waals surface area contributed by atoms with Gasteiger partial charge >= 0.3 is 0 Å². The highest BCUT2D eigenvalue weighted by atomic mass is 16.2. The molecule has 7 nitrogen and oxygen atoms in total. The lowest BCUT2D eigenvalue weighted by atomic mass is 10.1. The minimum absolute atomic E-state index is 0.0986. The van der Waals surface area contributed by atoms with Crippen LogP contribution in [0.4, 0.5) is 0 Å². The van der Waals surface area contributed by atoms with Gasteiger partial charge in [-0.1, -0.05) is 0 Å². The standard InChI is InChI=1S/C18H20N6O/c1-10-6-7-19-14(8-10)15(13-4-5-13)21-17(25)16-22-23-18-20-11(2)9-12(3)24(16)18/h6-9,13,15H,4-5H2,1-3H3,(H,21,25). The highest BCUT2D eigenvalue weighted by molar-refractivity contribution is 5.91. The van der Waals surface area contributed by atoms with Crippen molar-refractivity contribution in [3.8, 4) is 0 Å². The van der Waals surface area contributed by atoms with Gasteiger partial charge in [0, 0.05) is 17.6 Å². The molecule has 0 saturated heterocycles. The van der Waals surface area contributed by atoms with Crippen molar-refractivity contribution >= 4 is 11.7 Å². The summed E-state index contributed by atoms with van der Waals surface area (Å²) in [6, 6.07) is 5.80. The monoisotopic (exact) mass is 336 g/mol. The first kappa shape index (κ1) is 15.7. The highest BCUT2D eigenvalue weighted by Crippen LogP contribution is 2.40. The number of nitrogens with one attached hydrogen (secondary N) is 1. The molecule has 0 radical (unpaired) electrons. The molecule has 3 heterocycles. The Morgan fingerprint density at radius 2 is 2.04 bits per heavy atom. The molecule has 4 rings (SSSR count). The maximum absolute atomic E-state index is 12.9. The first-order chi connectivity index (χ1) is 12.0. The predicted octanol–water partition coefficient (Wildman–Crippen LogP) is 2.33. The first-order valence-electron chi connectivity index (χ1n) is 8.46. The van der Waals surface area contributed by atoms with E-state index in [9.17, 15) is 4.79 Å². The van der Waals surface area contributed by atoms with E-state index in [0.717, 1.165) is 35.5 Å². The number of carbonyl (C=O) groups is 1. The second-order valence-corrected chi connectivity index (χ2v) is 6.74. The van der Waals surface area contributed by atoms with Gasteiger partial charge in [0.05, 0.1) is 11.7 Å². The maximum atomic E-state index is 12.9. The van der Waals surface area contributed by atoms with Gasteiger partial charge in [0.2, 0.25) is 5.82 Å². The number of aromatic nitrogens is 5. The fourth-order valence-electron chi connectivity index (χ4n) is 3.18. The van der Waals surface area contributed by atoms with Gasteiger partial charge < -0.3 is 5.32 Å². The zero-order valence-electron chi connectivity index (χ0n) is 14.5. The Morgan fingerprint density at radius 1 is 1.24 bits per heavy atom. The first-order valence-corrected chi connectivity index (χ1v) is 8.46. The number of fused-ring (bicyclic) bond motifs is 1. The molecule has 0 aromatic carbocycles. The fourth-order valence-corrected chi connectivity index (χ4v) is 3.18. The third kappa shape index (κ3) is 2.97. The number of nitrogens with zero attached hydrogens (tertiary/aromatic N) is 5. The third-order valence-corrected chi connectivity index (χ3v) is 4.53. The molecular formula is C18H20N6O. The summed E-state index contributed by atoms with van der Waals surface area (Å²) in [6.07, 6.45) is 3.98. The largest absolute Gasteiger partial charge is 0.341 e. The van der Waals surface area contributed by atoms with Crippen molar-refractivity contribution in [1.29, 1.82) is 0 Å². The van der Waals surface area contributed by atoms with Gasteiger partial charge in [0.15, 0.2) is 0 Å². The van der Waals surface area contributed by atoms with Gasteiger partial charge in [-0.05, 0) is 63.3 Å². The van der Waals surface area contributed by atoms with Crippen LogP contribution in [-0.2, 0) is 0 Å². The van der Waals surface area contributed by atoms with E-state index in [-0.39, 0.29) is 17.8 Å². The molecule has 0 aliphatic heterocycles. The average molecular weight is 336 g/mol. The second kappa shape index (κ2) is 5.91. The minimum Gasteiger partial charge on any atom is -0.341 e. The molecular weight excluding hydrogens is 316 g/mol. The molecule has 1 atom stereocenters. The molecule has 1 saturated carbocycles. The van der Waals surface area contributed by atoms with Gasteiger partial charge in [0.1, 0.15) is 0 Å². The van der Waals surface area contributed by atoms with Crippen LogP contribution in [-0.4, -0.2) is 30.5 Å². The summed E-state index contributed by atoms with van der Waals surface area (Å²) in [5.74, 6) is 0.887. The summed E-state index contributed by atoms with van der Waals surface area (Å²) in [6.45, 7) is 5.84. The van der Waals surface area contributed by atoms with E-state index < -0.39 is 0 Å². The molecule has 7 heteroatoms. The fraction of sp³-hybridized carbons (Fsp3) is 0.389. The minimum atomic E-state index is -0.249. The molecule has 1 N–H and O–H groups in total. The quantitative estimate of drug-likeness (QED) is 0.790. The number of pyridine rings is 1. The third-order valence-electron chi connectivity index (χ3n) is 4.53. The van der Waals surface area contributed by atoms with E-state index in [1.54, 1.807) is 10.6 Å². The van der Waals surface area contributed by atoms with E-state index in [2.05, 4.69) is 25.5 Å². The smallest absolute Gasteiger partial charge is 0.290 e. The van der Waals surface area contributed by atoms with E-state index in [4.69, 9.17) is 0 Å². The van der Waals surface area contributed by atoms with Crippen LogP contribution < -0.4 is 5.32 Å². The lowest BCUT2D eigenvalue weighted by molar-refractivity contribution is 0.0918. The van der Waals surface area contributed by atoms with E-state index in [1.807, 2.05) is 39.0 Å². The lowest BCUT2D eigenvalue weighted by Crippen LogP contribution is -2.32. The van der Waals surface area contributed by atoms with Crippen molar-refractivity contribution in [2.24, 2.45) is 5.92 Å². The van der Waals surface area contributed by atoms with Gasteiger partial charge in [-0.25, -0.2) is 4.98 Å². The number of aryl methyl sites for hydroxylation is 3. The Kier molecular flexibility index (Phi) is 3.71. The Bertz CT molecular complexity index is 959. The van der Waals surface area contributed by atoms with Crippen LogP contribution in [0.2, 0.25) is 0 Å². The molecule has 1 amide bonds. The Balaban J connectivity index is 1.67. The summed E-state index contributed by atoms with van der Waals surface area (Å²) < 4.78 is 1.69. The molecule has 3 aromatic rings. The molecule has 25 heavy (non-hydrogen) atoms. The van der Waals surface area contributed by atoms with Crippen LogP contribution in [0.3, 0.4) is 0 Å². The lowest BCUT2D eigenvalue weighted by Gasteiger charge is -2.17. The van der Waals surface area contributed by atoms with Crippen molar-refractivity contribution in [3.05, 3.63) is 52.9 Å². The van der Waals surface area contributed by atoms with Gasteiger partial charge in [-0.2, -0.15) is 0 Å². The molecule has 1 unspecified atom stereocenters. The summed E-state index contributed by atoms with van der Waals surface area (Å²) in [5, 5.41) is 11.2. The molecule has 128 valence electrons. The Labute approximate surface area is 145 Å². The highest BCUT2D eigenvalue weighted by Gasteiger charge is 2.35. The van der Waals surface area contributed by atoms with Crippen LogP contribution in [0.1, 0.15) is 52.1 Å². The number of carbonyl (C=O) groups excluding carboxylic acids is 1. The van der Waals surface area contributed by atoms with Crippen LogP contribution in [0.15, 0.2) is 24.4 Å². The van der Waals surface area contributed by atoms with Crippen LogP contribution in [0.5, 0.6) is 0 Å². The maximum Gasteiger partial charge on any atom is 0.290 e. The van der Waals surface area contributed by atoms with Crippen molar-refractivity contribution in [2.45, 2.75) is 39.7 Å². The average Bonchev–Trinajstić information content (AvgIpc) is 3.31. The predicted molar refractivity (Wildman–Crippen MR) is 92.2 cm³/mol. The number of hydrogen-bond donors (Lipinski definition) is 1. The van der Waals surface area contributed by atoms with Gasteiger partial charge in [-0.3, -0.25) is 14.2 Å². The van der Waals surface area contributed by atoms with Crippen LogP contribution in [0.25, 0.3) is 5.78 Å². The van der Waals surface area contributed by atoms with Crippen LogP contribution >= 0.6 is 0 Å². The molecule has 0 bridgehead atoms. The number of amides is 1. The van der Waals surface area contributed by atoms with Crippen molar-refractivity contribution < 1.29 is 4.79 Å². The SMILES string of the molecule is Cc1ccnc(C(NC(=O)c2nnc3nc(C)cc(C)n23)C2CC2)c1. The normalized spacial score (nSPS) is 15.3. The molecule has 3 aromatic heterocycles. The number of rotatable bonds is 4. The van der Waals surface area contributed by atoms with E-state index in [0.29, 0.717) is 11.7 Å². The molecule has 1 aliphatic rings. The van der Waals surface area contributed by atoms with Crippen molar-refractivity contribution in [2.75, 3.05) is 0 Å². The van der Waals surface area contributed by atoms with Crippen molar-refractivity contribution in [3.63, 3.8) is 0 Å². The summed E-state index contributed by atoms with van der Waals surface area (Å²) >= 11 is 0. The summed E-state index contributed by atoms with van der Waals surface area (Å²) in [4.78, 5) is 21.7. The van der Waals surface area contributed by atoms with Crippen molar-refractivity contribution in [1.82, 2.24) is 29.9 Å². The Hall–Kier alpha value is -2.83. The van der Waals surface area contributed by atoms with Gasteiger partial charge in [0.25, 0.3) is 11.7 Å². The summed E-state index contributed by atoms with van der Waals surface area (Å²) in [5.41, 5.74) is 3.77. The summed E-state index contributed by atoms with van der Waals surface area (Å²) in [7, 11) is 0. The van der Waals surface area contributed by atoms with Crippen LogP contribution in [0, 0.1) is 26.7 Å². The zero-order valence-corrected chi connectivity index (χ0v) is 14.5. The number of hydrogen-bond acceptors (Lipinski definition) is 5. The van der Waals surface area contributed by atoms with E-state index >= 15 is 0 Å². The van der Waals surface area contributed by atoms with E-state index in [1.165, 1.54) is 0 Å². The topological polar surface area (TPSA) is 85.1 Å². The zero-order chi connectivity index (χ0) is 17.6. The van der Waals surface area contributed by atoms with Gasteiger partial charge in [-0.15, -0.1) is 10.2 Å². The Morgan fingerprint density at radius 3 is 2.76 bits per heavy atom. The molecule has 1 aliphatic carbocycles.